The maximum absolute atomic E-state index is 6.03. The number of hydrogen-bond acceptors (Lipinski definition) is 3. The molecule has 3 heteroatoms. The third-order valence-corrected chi connectivity index (χ3v) is 6.58. The fourth-order valence-electron chi connectivity index (χ4n) is 2.38. The lowest BCUT2D eigenvalue weighted by Crippen LogP contribution is -2.03. The van der Waals surface area contributed by atoms with E-state index in [-0.39, 0.29) is 6.10 Å². The second-order valence-electron chi connectivity index (χ2n) is 5.17. The zero-order chi connectivity index (χ0) is 14.5. The highest BCUT2D eigenvalue weighted by molar-refractivity contribution is 8.16. The lowest BCUT2D eigenvalue weighted by molar-refractivity contribution is 0.227. The highest BCUT2D eigenvalue weighted by Crippen LogP contribution is 2.43. The van der Waals surface area contributed by atoms with Gasteiger partial charge in [-0.1, -0.05) is 42.5 Å². The molecule has 21 heavy (non-hydrogen) atoms. The van der Waals surface area contributed by atoms with Crippen LogP contribution in [0.5, 0.6) is 5.75 Å². The van der Waals surface area contributed by atoms with Crippen LogP contribution in [-0.2, 0) is 0 Å². The van der Waals surface area contributed by atoms with Crippen molar-refractivity contribution in [1.82, 2.24) is 0 Å². The first kappa shape index (κ1) is 14.9. The predicted molar refractivity (Wildman–Crippen MR) is 94.2 cm³/mol. The van der Waals surface area contributed by atoms with Crippen LogP contribution in [0.3, 0.4) is 0 Å². The molecule has 0 aromatic heterocycles. The monoisotopic (exact) mass is 316 g/mol. The minimum Gasteiger partial charge on any atom is -0.486 e. The van der Waals surface area contributed by atoms with Gasteiger partial charge in [-0.15, -0.1) is 23.5 Å². The van der Waals surface area contributed by atoms with Crippen molar-refractivity contribution in [2.45, 2.75) is 24.0 Å². The van der Waals surface area contributed by atoms with Gasteiger partial charge in [0.05, 0.1) is 4.58 Å². The summed E-state index contributed by atoms with van der Waals surface area (Å²) in [6, 6.07) is 19.0. The highest BCUT2D eigenvalue weighted by atomic mass is 32.2. The first-order valence-electron chi connectivity index (χ1n) is 7.38. The van der Waals surface area contributed by atoms with Crippen molar-refractivity contribution in [2.75, 3.05) is 11.5 Å². The van der Waals surface area contributed by atoms with Gasteiger partial charge in [0.15, 0.2) is 0 Å². The zero-order valence-corrected chi connectivity index (χ0v) is 13.8. The minimum absolute atomic E-state index is 0.0791. The molecule has 0 spiro atoms. The van der Waals surface area contributed by atoms with Crippen LogP contribution in [0, 0.1) is 0 Å². The summed E-state index contributed by atoms with van der Waals surface area (Å²) in [7, 11) is 0. The SMILES string of the molecule is CC(Oc1ccc(C2SCCCS2)cc1)c1ccccc1. The molecule has 1 fully saturated rings. The fraction of sp³-hybridized carbons (Fsp3) is 0.333. The van der Waals surface area contributed by atoms with Crippen molar-refractivity contribution in [3.63, 3.8) is 0 Å². The molecule has 2 aromatic carbocycles. The van der Waals surface area contributed by atoms with Crippen LogP contribution in [0.1, 0.15) is 35.2 Å². The molecule has 0 N–H and O–H groups in total. The molecule has 1 aliphatic heterocycles. The van der Waals surface area contributed by atoms with E-state index in [9.17, 15) is 0 Å². The van der Waals surface area contributed by atoms with Gasteiger partial charge in [0.2, 0.25) is 0 Å². The first-order chi connectivity index (χ1) is 10.3. The Morgan fingerprint density at radius 1 is 0.952 bits per heavy atom. The molecule has 0 saturated carbocycles. The fourth-order valence-corrected chi connectivity index (χ4v) is 5.27. The number of thioether (sulfide) groups is 2. The Morgan fingerprint density at radius 3 is 2.29 bits per heavy atom. The zero-order valence-electron chi connectivity index (χ0n) is 12.2. The van der Waals surface area contributed by atoms with Gasteiger partial charge in [-0.2, -0.15) is 0 Å². The third-order valence-electron chi connectivity index (χ3n) is 3.56. The number of benzene rings is 2. The van der Waals surface area contributed by atoms with Crippen molar-refractivity contribution >= 4 is 23.5 Å². The topological polar surface area (TPSA) is 9.23 Å². The van der Waals surface area contributed by atoms with Gasteiger partial charge in [0.1, 0.15) is 11.9 Å². The molecular weight excluding hydrogens is 296 g/mol. The van der Waals surface area contributed by atoms with E-state index < -0.39 is 0 Å². The van der Waals surface area contributed by atoms with Crippen LogP contribution in [0.4, 0.5) is 0 Å². The van der Waals surface area contributed by atoms with Crippen molar-refractivity contribution in [3.8, 4) is 5.75 Å². The lowest BCUT2D eigenvalue weighted by Gasteiger charge is -2.21. The third kappa shape index (κ3) is 3.98. The number of hydrogen-bond donors (Lipinski definition) is 0. The standard InChI is InChI=1S/C18H20OS2/c1-14(15-6-3-2-4-7-15)19-17-10-8-16(9-11-17)18-20-12-5-13-21-18/h2-4,6-11,14,18H,5,12-13H2,1H3. The predicted octanol–water partition coefficient (Wildman–Crippen LogP) is 5.70. The van der Waals surface area contributed by atoms with Crippen molar-refractivity contribution < 1.29 is 4.74 Å². The molecule has 1 unspecified atom stereocenters. The van der Waals surface area contributed by atoms with Gasteiger partial charge < -0.3 is 4.74 Å². The van der Waals surface area contributed by atoms with E-state index in [0.717, 1.165) is 5.75 Å². The van der Waals surface area contributed by atoms with Gasteiger partial charge in [0, 0.05) is 0 Å². The summed E-state index contributed by atoms with van der Waals surface area (Å²) in [5.74, 6) is 3.50. The molecule has 0 bridgehead atoms. The van der Waals surface area contributed by atoms with Crippen LogP contribution in [-0.4, -0.2) is 11.5 Å². The second-order valence-corrected chi connectivity index (χ2v) is 7.89. The maximum Gasteiger partial charge on any atom is 0.121 e. The van der Waals surface area contributed by atoms with Crippen LogP contribution >= 0.6 is 23.5 Å². The van der Waals surface area contributed by atoms with E-state index >= 15 is 0 Å². The Hall–Kier alpha value is -1.06. The van der Waals surface area contributed by atoms with Crippen LogP contribution in [0.15, 0.2) is 54.6 Å². The normalized spacial score (nSPS) is 17.4. The number of ether oxygens (including phenoxy) is 1. The smallest absolute Gasteiger partial charge is 0.121 e. The molecule has 0 radical (unpaired) electrons. The summed E-state index contributed by atoms with van der Waals surface area (Å²) in [5, 5.41) is 0. The van der Waals surface area contributed by atoms with Gasteiger partial charge >= 0.3 is 0 Å². The van der Waals surface area contributed by atoms with Crippen molar-refractivity contribution in [2.24, 2.45) is 0 Å². The van der Waals surface area contributed by atoms with Crippen LogP contribution in [0.2, 0.25) is 0 Å². The second kappa shape index (κ2) is 7.28. The molecule has 0 amide bonds. The molecule has 0 aliphatic carbocycles. The Kier molecular flexibility index (Phi) is 5.15. The molecule has 2 aromatic rings. The first-order valence-corrected chi connectivity index (χ1v) is 9.47. The van der Waals surface area contributed by atoms with E-state index in [1.165, 1.54) is 29.1 Å². The Labute approximate surface area is 135 Å². The largest absolute Gasteiger partial charge is 0.486 e. The summed E-state index contributed by atoms with van der Waals surface area (Å²) in [5.41, 5.74) is 2.62. The molecule has 3 rings (SSSR count). The van der Waals surface area contributed by atoms with Gasteiger partial charge in [-0.3, -0.25) is 0 Å². The lowest BCUT2D eigenvalue weighted by atomic mass is 10.1. The summed E-state index contributed by atoms with van der Waals surface area (Å²) in [4.78, 5) is 0. The molecule has 1 nitrogen and oxygen atoms in total. The van der Waals surface area contributed by atoms with E-state index in [1.807, 2.05) is 6.07 Å². The summed E-state index contributed by atoms with van der Waals surface area (Å²) in [6.07, 6.45) is 1.41. The van der Waals surface area contributed by atoms with Gasteiger partial charge in [-0.25, -0.2) is 0 Å². The Bertz CT molecular complexity index is 547. The maximum atomic E-state index is 6.03. The highest BCUT2D eigenvalue weighted by Gasteiger charge is 2.16. The average molecular weight is 316 g/mol. The molecule has 1 atom stereocenters. The van der Waals surface area contributed by atoms with Crippen LogP contribution < -0.4 is 4.74 Å². The van der Waals surface area contributed by atoms with E-state index in [0.29, 0.717) is 4.58 Å². The van der Waals surface area contributed by atoms with E-state index in [1.54, 1.807) is 0 Å². The minimum atomic E-state index is 0.0791. The molecule has 1 saturated heterocycles. The quantitative estimate of drug-likeness (QED) is 0.716. The molecule has 1 aliphatic rings. The summed E-state index contributed by atoms with van der Waals surface area (Å²) < 4.78 is 6.63. The molecule has 110 valence electrons. The van der Waals surface area contributed by atoms with Crippen molar-refractivity contribution in [1.29, 1.82) is 0 Å². The van der Waals surface area contributed by atoms with Gasteiger partial charge in [0.25, 0.3) is 0 Å². The Balaban J connectivity index is 1.64. The average Bonchev–Trinajstić information content (AvgIpc) is 2.57. The summed E-state index contributed by atoms with van der Waals surface area (Å²) >= 11 is 4.11. The van der Waals surface area contributed by atoms with Crippen LogP contribution in [0.25, 0.3) is 0 Å². The van der Waals surface area contributed by atoms with Gasteiger partial charge in [-0.05, 0) is 48.1 Å². The summed E-state index contributed by atoms with van der Waals surface area (Å²) in [6.45, 7) is 2.09. The molecular formula is C18H20OS2. The molecule has 1 heterocycles. The van der Waals surface area contributed by atoms with E-state index in [2.05, 4.69) is 79.0 Å². The van der Waals surface area contributed by atoms with E-state index in [4.69, 9.17) is 4.74 Å². The van der Waals surface area contributed by atoms with Crippen molar-refractivity contribution in [3.05, 3.63) is 65.7 Å². The Morgan fingerprint density at radius 2 is 1.62 bits per heavy atom. The number of rotatable bonds is 4.